The molecule has 0 saturated carbocycles. The number of benzene rings is 1. The Bertz CT molecular complexity index is 794. The van der Waals surface area contributed by atoms with Gasteiger partial charge in [0.1, 0.15) is 0 Å². The van der Waals surface area contributed by atoms with Crippen molar-refractivity contribution in [3.8, 4) is 0 Å². The van der Waals surface area contributed by atoms with E-state index in [1.807, 2.05) is 0 Å². The predicted octanol–water partition coefficient (Wildman–Crippen LogP) is 4.34. The number of hydrogen-bond donors (Lipinski definition) is 1. The minimum atomic E-state index is -2.98. The molecule has 8 heteroatoms. The summed E-state index contributed by atoms with van der Waals surface area (Å²) < 4.78 is 34.6. The molecule has 2 heterocycles. The largest absolute Gasteiger partial charge is 0.360 e. The summed E-state index contributed by atoms with van der Waals surface area (Å²) in [5.41, 5.74) is 0.0969. The third-order valence-corrected chi connectivity index (χ3v) is 6.90. The molecule has 160 valence electrons. The van der Waals surface area contributed by atoms with Crippen molar-refractivity contribution in [2.75, 3.05) is 24.6 Å². The molecule has 5 nitrogen and oxygen atoms in total. The number of rotatable bonds is 8. The van der Waals surface area contributed by atoms with Crippen LogP contribution in [-0.4, -0.2) is 40.0 Å². The van der Waals surface area contributed by atoms with E-state index in [9.17, 15) is 18.4 Å². The first-order valence-electron chi connectivity index (χ1n) is 10.0. The van der Waals surface area contributed by atoms with Crippen LogP contribution in [0.2, 0.25) is 0 Å². The van der Waals surface area contributed by atoms with Gasteiger partial charge in [-0.15, -0.1) is 0 Å². The lowest BCUT2D eigenvalue weighted by atomic mass is 9.86. The number of anilines is 1. The molecule has 1 unspecified atom stereocenters. The van der Waals surface area contributed by atoms with Crippen molar-refractivity contribution in [3.05, 3.63) is 29.3 Å². The summed E-state index contributed by atoms with van der Waals surface area (Å²) in [4.78, 5) is 26.9. The molecule has 2 amide bonds. The van der Waals surface area contributed by atoms with Gasteiger partial charge in [0.2, 0.25) is 0 Å². The molecule has 0 radical (unpaired) electrons. The molecule has 0 aromatic heterocycles. The van der Waals surface area contributed by atoms with Crippen LogP contribution in [0.15, 0.2) is 18.2 Å². The van der Waals surface area contributed by atoms with Crippen LogP contribution < -0.4 is 10.2 Å². The molecule has 2 aliphatic rings. The lowest BCUT2D eigenvalue weighted by molar-refractivity contribution is -0.150. The van der Waals surface area contributed by atoms with Crippen molar-refractivity contribution < 1.29 is 23.1 Å². The highest BCUT2D eigenvalue weighted by Crippen LogP contribution is 2.49. The number of nitrogens with one attached hydrogen (secondary N) is 1. The van der Waals surface area contributed by atoms with Gasteiger partial charge in [-0.2, -0.15) is 8.78 Å². The van der Waals surface area contributed by atoms with E-state index in [2.05, 4.69) is 16.8 Å². The number of unbranched alkanes of at least 4 members (excludes halogenated alkanes) is 2. The average Bonchev–Trinajstić information content (AvgIpc) is 2.93. The standard InChI is InChI=1S/C21H27F2IN2O3/c1-3-4-6-11-25-18(27)15-8-9-17-16(13-15)20(10-5-7-12-29-20)19(28)26(17)14-21(22,23)24-2/h8-9,13H,2-7,10-12,14H2,1H3,(H,25,27). The number of nitrogens with zero attached hydrogens (tertiary/aromatic N) is 1. The summed E-state index contributed by atoms with van der Waals surface area (Å²) in [6, 6.07) is 4.83. The van der Waals surface area contributed by atoms with Gasteiger partial charge in [0.25, 0.3) is 11.8 Å². The van der Waals surface area contributed by atoms with Crippen molar-refractivity contribution in [3.63, 3.8) is 0 Å². The van der Waals surface area contributed by atoms with E-state index in [1.165, 1.54) is 0 Å². The molecule has 1 saturated heterocycles. The van der Waals surface area contributed by atoms with Crippen LogP contribution in [0.3, 0.4) is 0 Å². The maximum Gasteiger partial charge on any atom is 0.308 e. The zero-order valence-electron chi connectivity index (χ0n) is 16.6. The van der Waals surface area contributed by atoms with Gasteiger partial charge in [0.15, 0.2) is 5.60 Å². The van der Waals surface area contributed by atoms with Gasteiger partial charge in [-0.3, -0.25) is 9.59 Å². The molecule has 1 spiro atoms. The van der Waals surface area contributed by atoms with Gasteiger partial charge in [-0.25, -0.2) is 0 Å². The van der Waals surface area contributed by atoms with E-state index in [0.29, 0.717) is 36.4 Å². The highest BCUT2D eigenvalue weighted by Gasteiger charge is 2.54. The molecule has 29 heavy (non-hydrogen) atoms. The van der Waals surface area contributed by atoms with E-state index in [4.69, 9.17) is 4.74 Å². The molecule has 1 aromatic carbocycles. The fraction of sp³-hybridized carbons (Fsp3) is 0.571. The first-order valence-corrected chi connectivity index (χ1v) is 12.6. The van der Waals surface area contributed by atoms with Gasteiger partial charge in [-0.1, -0.05) is 24.3 Å². The smallest absolute Gasteiger partial charge is 0.308 e. The number of halogens is 3. The summed E-state index contributed by atoms with van der Waals surface area (Å²) in [6.07, 6.45) is 5.02. The molecule has 1 fully saturated rings. The fourth-order valence-corrected chi connectivity index (χ4v) is 4.49. The number of fused-ring (bicyclic) bond motifs is 2. The lowest BCUT2D eigenvalue weighted by Gasteiger charge is -2.33. The van der Waals surface area contributed by atoms with Crippen molar-refractivity contribution in [2.24, 2.45) is 0 Å². The molecular formula is C21H27F2IN2O3. The molecule has 0 bridgehead atoms. The Labute approximate surface area is 179 Å². The zero-order valence-corrected chi connectivity index (χ0v) is 18.8. The Morgan fingerprint density at radius 3 is 2.83 bits per heavy atom. The third kappa shape index (κ3) is 4.52. The van der Waals surface area contributed by atoms with Gasteiger partial charge >= 0.3 is 3.93 Å². The quantitative estimate of drug-likeness (QED) is 0.315. The maximum absolute atomic E-state index is 14.1. The average molecular weight is 520 g/mol. The van der Waals surface area contributed by atoms with Crippen LogP contribution in [0.25, 0.3) is 0 Å². The van der Waals surface area contributed by atoms with E-state index in [1.54, 1.807) is 18.2 Å². The molecule has 0 aliphatic carbocycles. The Morgan fingerprint density at radius 1 is 1.38 bits per heavy atom. The molecule has 1 atom stereocenters. The second kappa shape index (κ2) is 9.16. The molecule has 3 rings (SSSR count). The number of hydrogen-bond acceptors (Lipinski definition) is 3. The van der Waals surface area contributed by atoms with Crippen LogP contribution in [0, 0.1) is 0 Å². The van der Waals surface area contributed by atoms with Crippen LogP contribution in [0.1, 0.15) is 61.4 Å². The van der Waals surface area contributed by atoms with E-state index < -0.39 is 42.7 Å². The lowest BCUT2D eigenvalue weighted by Crippen LogP contribution is -2.46. The molecular weight excluding hydrogens is 493 g/mol. The summed E-state index contributed by atoms with van der Waals surface area (Å²) in [7, 11) is 0. The SMILES string of the molecule is C=IC(F)(F)CN1C(=O)C2(CCCCO2)c2cc(C(=O)NCCCCC)ccc21. The van der Waals surface area contributed by atoms with Crippen molar-refractivity contribution in [2.45, 2.75) is 55.0 Å². The molecule has 1 N–H and O–H groups in total. The van der Waals surface area contributed by atoms with E-state index in [-0.39, 0.29) is 5.91 Å². The van der Waals surface area contributed by atoms with E-state index in [0.717, 1.165) is 37.0 Å². The topological polar surface area (TPSA) is 58.6 Å². The van der Waals surface area contributed by atoms with Gasteiger partial charge < -0.3 is 15.0 Å². The Balaban J connectivity index is 1.92. The zero-order chi connectivity index (χ0) is 21.1. The summed E-state index contributed by atoms with van der Waals surface area (Å²) in [5.74, 6) is -0.681. The number of carbonyl (C=O) groups is 2. The second-order valence-electron chi connectivity index (χ2n) is 7.47. The number of alkyl halides is 3. The van der Waals surface area contributed by atoms with Gasteiger partial charge in [0, 0.05) is 24.3 Å². The van der Waals surface area contributed by atoms with Crippen molar-refractivity contribution >= 4 is 42.7 Å². The Hall–Kier alpha value is -1.42. The molecule has 1 aromatic rings. The Kier molecular flexibility index (Phi) is 7.03. The minimum Gasteiger partial charge on any atom is -0.360 e. The normalized spacial score (nSPS) is 21.5. The minimum absolute atomic E-state index is 0.227. The Morgan fingerprint density at radius 2 is 2.17 bits per heavy atom. The van der Waals surface area contributed by atoms with Gasteiger partial charge in [0.05, 0.1) is 12.2 Å². The first kappa shape index (κ1) is 22.3. The van der Waals surface area contributed by atoms with Crippen molar-refractivity contribution in [1.29, 1.82) is 0 Å². The second-order valence-corrected chi connectivity index (χ2v) is 9.81. The number of carbonyl (C=O) groups excluding carboxylic acids is 2. The number of amides is 2. The van der Waals surface area contributed by atoms with Crippen molar-refractivity contribution in [1.82, 2.24) is 5.32 Å². The highest BCUT2D eigenvalue weighted by molar-refractivity contribution is 14.2. The predicted molar refractivity (Wildman–Crippen MR) is 118 cm³/mol. The summed E-state index contributed by atoms with van der Waals surface area (Å²) >= 11 is -1.61. The van der Waals surface area contributed by atoms with Gasteiger partial charge in [-0.05, 0) is 64.6 Å². The first-order chi connectivity index (χ1) is 13.8. The van der Waals surface area contributed by atoms with Crippen LogP contribution in [0.4, 0.5) is 14.5 Å². The summed E-state index contributed by atoms with van der Waals surface area (Å²) in [6.45, 7) is 2.37. The van der Waals surface area contributed by atoms with Crippen LogP contribution >= 0.6 is 20.7 Å². The molecule has 2 aliphatic heterocycles. The third-order valence-electron chi connectivity index (χ3n) is 5.45. The van der Waals surface area contributed by atoms with Crippen LogP contribution in [-0.2, 0) is 15.1 Å². The maximum atomic E-state index is 14.1. The summed E-state index contributed by atoms with van der Waals surface area (Å²) in [5, 5.41) is 2.88. The fourth-order valence-electron chi connectivity index (χ4n) is 3.91. The number of ether oxygens (including phenoxy) is 1. The highest BCUT2D eigenvalue weighted by atomic mass is 127. The monoisotopic (exact) mass is 520 g/mol. The van der Waals surface area contributed by atoms with Crippen LogP contribution in [0.5, 0.6) is 0 Å². The van der Waals surface area contributed by atoms with E-state index >= 15 is 0 Å².